The second kappa shape index (κ2) is 7.21. The number of aromatic nitrogens is 4. The van der Waals surface area contributed by atoms with Gasteiger partial charge in [0.05, 0.1) is 26.2 Å². The maximum atomic E-state index is 5.72. The summed E-state index contributed by atoms with van der Waals surface area (Å²) < 4.78 is 18.2. The molecule has 1 aromatic carbocycles. The lowest BCUT2D eigenvalue weighted by Crippen LogP contribution is -3.14. The zero-order valence-corrected chi connectivity index (χ0v) is 15.9. The van der Waals surface area contributed by atoms with Crippen LogP contribution in [-0.2, 0) is 6.67 Å². The van der Waals surface area contributed by atoms with Crippen LogP contribution in [0.4, 0.5) is 5.95 Å². The van der Waals surface area contributed by atoms with Gasteiger partial charge in [-0.2, -0.15) is 4.68 Å². The van der Waals surface area contributed by atoms with Gasteiger partial charge in [-0.3, -0.25) is 0 Å². The molecule has 2 aliphatic heterocycles. The van der Waals surface area contributed by atoms with Crippen molar-refractivity contribution in [3.05, 3.63) is 41.5 Å². The Balaban J connectivity index is 1.26. The smallest absolute Gasteiger partial charge is 0.292 e. The van der Waals surface area contributed by atoms with Crippen LogP contribution in [0.2, 0.25) is 0 Å². The minimum absolute atomic E-state index is 0.236. The summed E-state index contributed by atoms with van der Waals surface area (Å²) >= 11 is 5.37. The van der Waals surface area contributed by atoms with E-state index in [4.69, 9.17) is 26.1 Å². The molecule has 0 radical (unpaired) electrons. The number of hydrogen-bond acceptors (Lipinski definition) is 8. The predicted octanol–water partition coefficient (Wildman–Crippen LogP) is 0.754. The molecule has 0 atom stereocenters. The molecule has 0 amide bonds. The lowest BCUT2D eigenvalue weighted by Gasteiger charge is -2.31. The number of hydrogen-bond donors (Lipinski definition) is 1. The van der Waals surface area contributed by atoms with E-state index in [1.165, 1.54) is 4.90 Å². The van der Waals surface area contributed by atoms with Crippen LogP contribution >= 0.6 is 12.2 Å². The maximum Gasteiger partial charge on any atom is 0.292 e. The number of fused-ring (bicyclic) bond motifs is 1. The van der Waals surface area contributed by atoms with E-state index in [-0.39, 0.29) is 6.79 Å². The van der Waals surface area contributed by atoms with Crippen LogP contribution in [0.1, 0.15) is 0 Å². The molecule has 1 N–H and O–H groups in total. The van der Waals surface area contributed by atoms with E-state index in [1.54, 1.807) is 17.1 Å². The van der Waals surface area contributed by atoms with Crippen LogP contribution in [0, 0.1) is 4.84 Å². The van der Waals surface area contributed by atoms with E-state index in [2.05, 4.69) is 20.0 Å². The number of piperazine rings is 1. The molecule has 2 aromatic heterocycles. The average Bonchev–Trinajstić information content (AvgIpc) is 3.35. The molecule has 9 nitrogen and oxygen atoms in total. The Bertz CT molecular complexity index is 1030. The first-order valence-electron chi connectivity index (χ1n) is 9.10. The molecule has 1 fully saturated rings. The fourth-order valence-corrected chi connectivity index (χ4v) is 3.58. The highest BCUT2D eigenvalue weighted by atomic mass is 32.1. The van der Waals surface area contributed by atoms with Crippen molar-refractivity contribution >= 4 is 18.2 Å². The fraction of sp³-hybridized carbons (Fsp3) is 0.333. The van der Waals surface area contributed by atoms with Gasteiger partial charge in [-0.15, -0.1) is 5.10 Å². The zero-order valence-electron chi connectivity index (χ0n) is 15.1. The van der Waals surface area contributed by atoms with Gasteiger partial charge in [-0.25, -0.2) is 9.97 Å². The topological polar surface area (TPSA) is 82.9 Å². The molecule has 0 spiro atoms. The first-order valence-corrected chi connectivity index (χ1v) is 9.50. The molecule has 10 heteroatoms. The quantitative estimate of drug-likeness (QED) is 0.644. The summed E-state index contributed by atoms with van der Waals surface area (Å²) in [6.07, 6.45) is 3.54. The predicted molar refractivity (Wildman–Crippen MR) is 102 cm³/mol. The summed E-state index contributed by atoms with van der Waals surface area (Å²) in [7, 11) is 0. The molecular weight excluding hydrogens is 380 g/mol. The van der Waals surface area contributed by atoms with Gasteiger partial charge in [-0.05, 0) is 36.5 Å². The Morgan fingerprint density at radius 2 is 1.86 bits per heavy atom. The summed E-state index contributed by atoms with van der Waals surface area (Å²) in [5, 5.41) is 4.57. The number of anilines is 1. The van der Waals surface area contributed by atoms with Gasteiger partial charge < -0.3 is 23.7 Å². The third-order valence-electron chi connectivity index (χ3n) is 4.90. The van der Waals surface area contributed by atoms with Crippen LogP contribution in [0.15, 0.2) is 41.1 Å². The van der Waals surface area contributed by atoms with E-state index >= 15 is 0 Å². The minimum Gasteiger partial charge on any atom is -0.454 e. The third kappa shape index (κ3) is 3.32. The monoisotopic (exact) mass is 399 g/mol. The summed E-state index contributed by atoms with van der Waals surface area (Å²) in [5.41, 5.74) is 0.815. The Morgan fingerprint density at radius 1 is 1.07 bits per heavy atom. The van der Waals surface area contributed by atoms with Gasteiger partial charge in [0.15, 0.2) is 18.2 Å². The molecule has 0 saturated carbocycles. The fourth-order valence-electron chi connectivity index (χ4n) is 3.40. The van der Waals surface area contributed by atoms with Crippen LogP contribution in [0.3, 0.4) is 0 Å². The molecule has 0 aliphatic carbocycles. The van der Waals surface area contributed by atoms with E-state index in [9.17, 15) is 0 Å². The molecule has 2 aliphatic rings. The Labute approximate surface area is 166 Å². The van der Waals surface area contributed by atoms with Gasteiger partial charge >= 0.3 is 0 Å². The van der Waals surface area contributed by atoms with Crippen molar-refractivity contribution in [2.45, 2.75) is 6.67 Å². The third-order valence-corrected chi connectivity index (χ3v) is 5.20. The first kappa shape index (κ1) is 17.1. The van der Waals surface area contributed by atoms with Crippen molar-refractivity contribution < 1.29 is 18.8 Å². The Kier molecular flexibility index (Phi) is 4.41. The average molecular weight is 399 g/mol. The van der Waals surface area contributed by atoms with Crippen LogP contribution < -0.4 is 19.3 Å². The molecule has 4 heterocycles. The number of nitrogens with zero attached hydrogens (tertiary/aromatic N) is 5. The van der Waals surface area contributed by atoms with Crippen LogP contribution in [0.5, 0.6) is 11.5 Å². The SMILES string of the molecule is S=c1oc(-c2ccc3c(c2)OCO3)nn1C[NH+]1CCN(c2ncccn2)CC1. The second-order valence-corrected chi connectivity index (χ2v) is 7.03. The van der Waals surface area contributed by atoms with Gasteiger partial charge in [0.2, 0.25) is 18.6 Å². The summed E-state index contributed by atoms with van der Waals surface area (Å²) in [5.74, 6) is 2.69. The van der Waals surface area contributed by atoms with Crippen LogP contribution in [-0.4, -0.2) is 52.7 Å². The van der Waals surface area contributed by atoms with E-state index in [1.807, 2.05) is 24.3 Å². The highest BCUT2D eigenvalue weighted by Crippen LogP contribution is 2.35. The highest BCUT2D eigenvalue weighted by molar-refractivity contribution is 7.71. The van der Waals surface area contributed by atoms with E-state index in [0.717, 1.165) is 43.4 Å². The van der Waals surface area contributed by atoms with Crippen molar-refractivity contribution in [3.63, 3.8) is 0 Å². The highest BCUT2D eigenvalue weighted by Gasteiger charge is 2.23. The molecule has 28 heavy (non-hydrogen) atoms. The molecule has 0 bridgehead atoms. The van der Waals surface area contributed by atoms with Gasteiger partial charge in [0, 0.05) is 18.0 Å². The summed E-state index contributed by atoms with van der Waals surface area (Å²) in [6.45, 7) is 4.58. The largest absolute Gasteiger partial charge is 0.454 e. The maximum absolute atomic E-state index is 5.72. The lowest BCUT2D eigenvalue weighted by atomic mass is 10.2. The summed E-state index contributed by atoms with van der Waals surface area (Å²) in [6, 6.07) is 7.43. The van der Waals surface area contributed by atoms with E-state index in [0.29, 0.717) is 23.1 Å². The zero-order chi connectivity index (χ0) is 18.9. The van der Waals surface area contributed by atoms with Crippen molar-refractivity contribution in [1.82, 2.24) is 19.7 Å². The normalized spacial score (nSPS) is 16.5. The number of rotatable bonds is 4. The van der Waals surface area contributed by atoms with Crippen molar-refractivity contribution in [3.8, 4) is 23.0 Å². The second-order valence-electron chi connectivity index (χ2n) is 6.68. The van der Waals surface area contributed by atoms with Crippen molar-refractivity contribution in [2.75, 3.05) is 37.9 Å². The van der Waals surface area contributed by atoms with Gasteiger partial charge in [0.1, 0.15) is 0 Å². The number of ether oxygens (including phenoxy) is 2. The minimum atomic E-state index is 0.236. The molecule has 144 valence electrons. The number of nitrogens with one attached hydrogen (secondary N) is 1. The van der Waals surface area contributed by atoms with Crippen molar-refractivity contribution in [1.29, 1.82) is 0 Å². The molecule has 0 unspecified atom stereocenters. The standard InChI is InChI=1S/C18H18N6O3S/c28-18-24(11-22-6-8-23(9-7-22)17-19-4-1-5-20-17)21-16(27-18)13-2-3-14-15(10-13)26-12-25-14/h1-5,10H,6-9,11-12H2/p+1. The number of benzene rings is 1. The lowest BCUT2D eigenvalue weighted by molar-refractivity contribution is -0.924. The van der Waals surface area contributed by atoms with Gasteiger partial charge in [0.25, 0.3) is 4.84 Å². The van der Waals surface area contributed by atoms with Crippen LogP contribution in [0.25, 0.3) is 11.5 Å². The van der Waals surface area contributed by atoms with Gasteiger partial charge in [-0.1, -0.05) is 0 Å². The Hall–Kier alpha value is -2.98. The number of quaternary nitrogens is 1. The molecule has 3 aromatic rings. The first-order chi connectivity index (χ1) is 13.8. The Morgan fingerprint density at radius 3 is 2.68 bits per heavy atom. The summed E-state index contributed by atoms with van der Waals surface area (Å²) in [4.78, 5) is 12.6. The van der Waals surface area contributed by atoms with Crippen molar-refractivity contribution in [2.24, 2.45) is 0 Å². The molecule has 1 saturated heterocycles. The molecule has 5 rings (SSSR count). The van der Waals surface area contributed by atoms with E-state index < -0.39 is 0 Å². The molecular formula is C18H19N6O3S+.